The summed E-state index contributed by atoms with van der Waals surface area (Å²) in [7, 11) is 0. The molecule has 0 radical (unpaired) electrons. The molecule has 0 saturated carbocycles. The molecule has 0 rings (SSSR count). The molecule has 0 aliphatic carbocycles. The first-order valence-electron chi connectivity index (χ1n) is 6.75. The van der Waals surface area contributed by atoms with Crippen LogP contribution in [0.15, 0.2) is 42.2 Å². The van der Waals surface area contributed by atoms with E-state index in [-0.39, 0.29) is 0 Å². The number of hydrogen-bond donors (Lipinski definition) is 0. The minimum Gasteiger partial charge on any atom is -0.377 e. The summed E-state index contributed by atoms with van der Waals surface area (Å²) in [5.74, 6) is 0.662. The maximum Gasteiger partial charge on any atom is 0.0647 e. The fourth-order valence-corrected chi connectivity index (χ4v) is 1.33. The highest BCUT2D eigenvalue weighted by Gasteiger charge is 1.81. The maximum absolute atomic E-state index is 5.53. The van der Waals surface area contributed by atoms with Crippen molar-refractivity contribution in [3.8, 4) is 0 Å². The van der Waals surface area contributed by atoms with E-state index in [2.05, 4.69) is 37.0 Å². The Balaban J connectivity index is 3.29. The highest BCUT2D eigenvalue weighted by atomic mass is 35.5. The van der Waals surface area contributed by atoms with Crippen molar-refractivity contribution >= 4 is 11.6 Å². The van der Waals surface area contributed by atoms with Crippen LogP contribution in [-0.2, 0) is 4.74 Å². The summed E-state index contributed by atoms with van der Waals surface area (Å²) in [5, 5.41) is 0. The summed E-state index contributed by atoms with van der Waals surface area (Å²) in [6.45, 7) is 3.63. The van der Waals surface area contributed by atoms with Crippen LogP contribution in [0.4, 0.5) is 0 Å². The Bertz CT molecular complexity index is 273. The van der Waals surface area contributed by atoms with Crippen molar-refractivity contribution in [2.45, 2.75) is 39.0 Å². The number of unbranched alkanes of at least 4 members (excludes halogenated alkanes) is 1. The van der Waals surface area contributed by atoms with Gasteiger partial charge in [0, 0.05) is 5.88 Å². The number of alkyl halides is 1. The molecule has 1 nitrogen and oxygen atoms in total. The number of allylic oxidation sites excluding steroid dienone is 3. The molecule has 0 fully saturated rings. The predicted octanol–water partition coefficient (Wildman–Crippen LogP) is 5.04. The molecule has 18 heavy (non-hydrogen) atoms. The van der Waals surface area contributed by atoms with Crippen LogP contribution in [0, 0.1) is 0 Å². The Morgan fingerprint density at radius 1 is 1.00 bits per heavy atom. The molecule has 0 aliphatic rings. The number of rotatable bonds is 11. The first-order chi connectivity index (χ1) is 8.91. The summed E-state index contributed by atoms with van der Waals surface area (Å²) >= 11 is 5.53. The third kappa shape index (κ3) is 15.2. The van der Waals surface area contributed by atoms with E-state index in [0.717, 1.165) is 25.9 Å². The fraction of sp³-hybridized carbons (Fsp3) is 0.562. The standard InChI is InChI=1S/C16H25ClO/c1-2-3-4-5-6-9-12-15-18-16-13-10-7-8-11-14-17/h4-5,8-10,12H,2-3,6,11,13-16H2,1H3/b5-4?,12-9-. The van der Waals surface area contributed by atoms with E-state index < -0.39 is 0 Å². The molecule has 0 atom stereocenters. The average Bonchev–Trinajstić information content (AvgIpc) is 2.39. The quantitative estimate of drug-likeness (QED) is 0.221. The lowest BCUT2D eigenvalue weighted by atomic mass is 10.3. The van der Waals surface area contributed by atoms with Crippen LogP contribution in [0.2, 0.25) is 0 Å². The van der Waals surface area contributed by atoms with Crippen molar-refractivity contribution in [2.24, 2.45) is 0 Å². The Morgan fingerprint density at radius 3 is 2.56 bits per heavy atom. The molecule has 0 spiro atoms. The summed E-state index contributed by atoms with van der Waals surface area (Å²) in [5.41, 5.74) is 3.08. The average molecular weight is 269 g/mol. The van der Waals surface area contributed by atoms with E-state index in [1.54, 1.807) is 0 Å². The Hall–Kier alpha value is -0.750. The normalized spacial score (nSPS) is 11.0. The minimum absolute atomic E-state index is 0.662. The molecule has 0 aliphatic heterocycles. The van der Waals surface area contributed by atoms with Gasteiger partial charge < -0.3 is 4.74 Å². The third-order valence-corrected chi connectivity index (χ3v) is 2.39. The Kier molecular flexibility index (Phi) is 15.6. The van der Waals surface area contributed by atoms with Crippen molar-refractivity contribution in [2.75, 3.05) is 19.1 Å². The second-order valence-electron chi connectivity index (χ2n) is 3.88. The predicted molar refractivity (Wildman–Crippen MR) is 81.2 cm³/mol. The third-order valence-electron chi connectivity index (χ3n) is 2.17. The first-order valence-corrected chi connectivity index (χ1v) is 7.28. The van der Waals surface area contributed by atoms with Crippen LogP contribution >= 0.6 is 11.6 Å². The Labute approximate surface area is 117 Å². The van der Waals surface area contributed by atoms with Crippen molar-refractivity contribution in [3.05, 3.63) is 42.2 Å². The lowest BCUT2D eigenvalue weighted by Gasteiger charge is -1.95. The molecule has 0 N–H and O–H groups in total. The van der Waals surface area contributed by atoms with Gasteiger partial charge in [-0.25, -0.2) is 0 Å². The molecule has 0 heterocycles. The number of ether oxygens (including phenoxy) is 1. The van der Waals surface area contributed by atoms with Crippen LogP contribution in [-0.4, -0.2) is 19.1 Å². The topological polar surface area (TPSA) is 9.23 Å². The van der Waals surface area contributed by atoms with Crippen molar-refractivity contribution in [1.82, 2.24) is 0 Å². The van der Waals surface area contributed by atoms with Crippen molar-refractivity contribution < 1.29 is 4.74 Å². The van der Waals surface area contributed by atoms with Crippen molar-refractivity contribution in [1.29, 1.82) is 0 Å². The molecule has 2 heteroatoms. The molecule has 0 amide bonds. The lowest BCUT2D eigenvalue weighted by molar-refractivity contribution is 0.167. The summed E-state index contributed by atoms with van der Waals surface area (Å²) in [6, 6.07) is 0. The van der Waals surface area contributed by atoms with E-state index >= 15 is 0 Å². The van der Waals surface area contributed by atoms with E-state index in [1.807, 2.05) is 12.2 Å². The van der Waals surface area contributed by atoms with E-state index in [0.29, 0.717) is 12.5 Å². The molecule has 0 aromatic rings. The van der Waals surface area contributed by atoms with Gasteiger partial charge in [-0.05, 0) is 37.8 Å². The SMILES string of the molecule is CCCC=CC/C=C\COCCC=C=CCCCl. The first kappa shape index (κ1) is 17.2. The van der Waals surface area contributed by atoms with Crippen LogP contribution < -0.4 is 0 Å². The van der Waals surface area contributed by atoms with Gasteiger partial charge in [0.25, 0.3) is 0 Å². The van der Waals surface area contributed by atoms with Gasteiger partial charge in [-0.15, -0.1) is 17.3 Å². The Morgan fingerprint density at radius 2 is 1.78 bits per heavy atom. The summed E-state index contributed by atoms with van der Waals surface area (Å²) < 4.78 is 5.45. The van der Waals surface area contributed by atoms with Crippen molar-refractivity contribution in [3.63, 3.8) is 0 Å². The fourth-order valence-electron chi connectivity index (χ4n) is 1.22. The summed E-state index contributed by atoms with van der Waals surface area (Å²) in [4.78, 5) is 0. The molecule has 0 unspecified atom stereocenters. The van der Waals surface area contributed by atoms with Gasteiger partial charge >= 0.3 is 0 Å². The van der Waals surface area contributed by atoms with Gasteiger partial charge in [0.15, 0.2) is 0 Å². The molecule has 0 saturated heterocycles. The van der Waals surface area contributed by atoms with E-state index in [1.165, 1.54) is 12.8 Å². The van der Waals surface area contributed by atoms with Crippen LogP contribution in [0.1, 0.15) is 39.0 Å². The largest absolute Gasteiger partial charge is 0.377 e. The number of halogens is 1. The monoisotopic (exact) mass is 268 g/mol. The van der Waals surface area contributed by atoms with Gasteiger partial charge in [-0.1, -0.05) is 37.6 Å². The molecule has 0 aromatic carbocycles. The van der Waals surface area contributed by atoms with E-state index in [4.69, 9.17) is 16.3 Å². The molecular formula is C16H25ClO. The zero-order valence-electron chi connectivity index (χ0n) is 11.4. The van der Waals surface area contributed by atoms with Gasteiger partial charge in [0.1, 0.15) is 0 Å². The maximum atomic E-state index is 5.53. The van der Waals surface area contributed by atoms with Gasteiger partial charge in [-0.2, -0.15) is 0 Å². The van der Waals surface area contributed by atoms with Crippen LogP contribution in [0.25, 0.3) is 0 Å². The van der Waals surface area contributed by atoms with Gasteiger partial charge in [0.2, 0.25) is 0 Å². The van der Waals surface area contributed by atoms with Gasteiger partial charge in [0.05, 0.1) is 13.2 Å². The smallest absolute Gasteiger partial charge is 0.0647 e. The molecule has 102 valence electrons. The van der Waals surface area contributed by atoms with Crippen LogP contribution in [0.5, 0.6) is 0 Å². The highest BCUT2D eigenvalue weighted by Crippen LogP contribution is 1.93. The second-order valence-corrected chi connectivity index (χ2v) is 4.26. The zero-order valence-corrected chi connectivity index (χ0v) is 12.2. The second kappa shape index (κ2) is 16.2. The molecule has 0 bridgehead atoms. The van der Waals surface area contributed by atoms with E-state index in [9.17, 15) is 0 Å². The lowest BCUT2D eigenvalue weighted by Crippen LogP contribution is -1.91. The zero-order chi connectivity index (χ0) is 13.3. The number of hydrogen-bond acceptors (Lipinski definition) is 1. The molecular weight excluding hydrogens is 244 g/mol. The van der Waals surface area contributed by atoms with Crippen LogP contribution in [0.3, 0.4) is 0 Å². The van der Waals surface area contributed by atoms with Gasteiger partial charge in [-0.3, -0.25) is 0 Å². The molecule has 0 aromatic heterocycles. The highest BCUT2D eigenvalue weighted by molar-refractivity contribution is 6.17. The summed E-state index contributed by atoms with van der Waals surface area (Å²) in [6.07, 6.45) is 17.8. The minimum atomic E-state index is 0.662.